The standard InChI is InChI=1S/C23H36N4/c1-5-7-9-11-13-19-15-17-21(26-24-19)23(3,4)22-18-16-20(25-27-22)14-12-10-8-6-2/h15-18H,5-14H2,1-4H3. The average Bonchev–Trinajstić information content (AvgIpc) is 2.69. The third kappa shape index (κ3) is 6.67. The molecule has 148 valence electrons. The minimum absolute atomic E-state index is 0.290. The Morgan fingerprint density at radius 1 is 0.593 bits per heavy atom. The molecular formula is C23H36N4. The topological polar surface area (TPSA) is 51.6 Å². The highest BCUT2D eigenvalue weighted by Crippen LogP contribution is 2.28. The van der Waals surface area contributed by atoms with Crippen LogP contribution in [0.4, 0.5) is 0 Å². The molecule has 0 aromatic carbocycles. The van der Waals surface area contributed by atoms with Gasteiger partial charge in [0, 0.05) is 0 Å². The third-order valence-electron chi connectivity index (χ3n) is 5.29. The lowest BCUT2D eigenvalue weighted by molar-refractivity contribution is 0.564. The zero-order chi connectivity index (χ0) is 19.5. The smallest absolute Gasteiger partial charge is 0.0747 e. The molecule has 2 heterocycles. The quantitative estimate of drug-likeness (QED) is 0.442. The van der Waals surface area contributed by atoms with Crippen LogP contribution in [0.3, 0.4) is 0 Å². The first-order chi connectivity index (χ1) is 13.1. The summed E-state index contributed by atoms with van der Waals surface area (Å²) in [6.07, 6.45) is 12.1. The Hall–Kier alpha value is -1.84. The first-order valence-electron chi connectivity index (χ1n) is 10.7. The number of rotatable bonds is 12. The first kappa shape index (κ1) is 21.5. The van der Waals surface area contributed by atoms with Crippen molar-refractivity contribution in [2.45, 2.75) is 97.3 Å². The Kier molecular flexibility index (Phi) is 8.83. The van der Waals surface area contributed by atoms with Gasteiger partial charge in [-0.2, -0.15) is 20.4 Å². The fourth-order valence-corrected chi connectivity index (χ4v) is 3.25. The number of hydrogen-bond acceptors (Lipinski definition) is 4. The van der Waals surface area contributed by atoms with Gasteiger partial charge in [-0.05, 0) is 63.8 Å². The summed E-state index contributed by atoms with van der Waals surface area (Å²) >= 11 is 0. The van der Waals surface area contributed by atoms with E-state index in [2.05, 4.69) is 72.4 Å². The van der Waals surface area contributed by atoms with E-state index in [9.17, 15) is 0 Å². The van der Waals surface area contributed by atoms with Gasteiger partial charge >= 0.3 is 0 Å². The van der Waals surface area contributed by atoms with Crippen molar-refractivity contribution in [3.8, 4) is 0 Å². The van der Waals surface area contributed by atoms with Crippen LogP contribution in [0, 0.1) is 0 Å². The van der Waals surface area contributed by atoms with Crippen molar-refractivity contribution in [2.75, 3.05) is 0 Å². The van der Waals surface area contributed by atoms with Crippen molar-refractivity contribution in [3.63, 3.8) is 0 Å². The maximum Gasteiger partial charge on any atom is 0.0747 e. The van der Waals surface area contributed by atoms with Crippen LogP contribution in [0.25, 0.3) is 0 Å². The lowest BCUT2D eigenvalue weighted by Gasteiger charge is -2.22. The Labute approximate surface area is 165 Å². The van der Waals surface area contributed by atoms with Gasteiger partial charge < -0.3 is 0 Å². The average molecular weight is 369 g/mol. The van der Waals surface area contributed by atoms with E-state index in [0.29, 0.717) is 0 Å². The molecular weight excluding hydrogens is 332 g/mol. The van der Waals surface area contributed by atoms with Crippen molar-refractivity contribution >= 4 is 0 Å². The second-order valence-electron chi connectivity index (χ2n) is 8.07. The summed E-state index contributed by atoms with van der Waals surface area (Å²) in [6, 6.07) is 8.43. The number of nitrogens with zero attached hydrogens (tertiary/aromatic N) is 4. The van der Waals surface area contributed by atoms with Crippen LogP contribution < -0.4 is 0 Å². The maximum atomic E-state index is 4.50. The Morgan fingerprint density at radius 2 is 1.04 bits per heavy atom. The first-order valence-corrected chi connectivity index (χ1v) is 10.7. The monoisotopic (exact) mass is 368 g/mol. The van der Waals surface area contributed by atoms with Crippen LogP contribution in [-0.4, -0.2) is 20.4 Å². The molecule has 0 N–H and O–H groups in total. The molecule has 0 saturated carbocycles. The predicted octanol–water partition coefficient (Wildman–Crippen LogP) is 5.84. The summed E-state index contributed by atoms with van der Waals surface area (Å²) in [5.41, 5.74) is 3.77. The van der Waals surface area contributed by atoms with Crippen molar-refractivity contribution in [1.29, 1.82) is 0 Å². The summed E-state index contributed by atoms with van der Waals surface area (Å²) in [7, 11) is 0. The van der Waals surface area contributed by atoms with Crippen molar-refractivity contribution in [1.82, 2.24) is 20.4 Å². The van der Waals surface area contributed by atoms with E-state index < -0.39 is 0 Å². The largest absolute Gasteiger partial charge is 0.155 e. The summed E-state index contributed by atoms with van der Waals surface area (Å²) in [4.78, 5) is 0. The SMILES string of the molecule is CCCCCCc1ccc(C(C)(C)c2ccc(CCCCCC)nn2)nn1. The zero-order valence-electron chi connectivity index (χ0n) is 17.7. The van der Waals surface area contributed by atoms with E-state index in [1.807, 2.05) is 0 Å². The Balaban J connectivity index is 1.96. The predicted molar refractivity (Wildman–Crippen MR) is 112 cm³/mol. The second-order valence-corrected chi connectivity index (χ2v) is 8.07. The van der Waals surface area contributed by atoms with Crippen molar-refractivity contribution < 1.29 is 0 Å². The molecule has 0 aliphatic heterocycles. The number of unbranched alkanes of at least 4 members (excludes halogenated alkanes) is 6. The lowest BCUT2D eigenvalue weighted by Crippen LogP contribution is -2.23. The molecule has 0 saturated heterocycles. The molecule has 0 aliphatic rings. The summed E-state index contributed by atoms with van der Waals surface area (Å²) < 4.78 is 0. The molecule has 2 rings (SSSR count). The van der Waals surface area contributed by atoms with Crippen LogP contribution in [0.15, 0.2) is 24.3 Å². The molecule has 0 fully saturated rings. The fraction of sp³-hybridized carbons (Fsp3) is 0.652. The zero-order valence-corrected chi connectivity index (χ0v) is 17.7. The minimum Gasteiger partial charge on any atom is -0.155 e. The molecule has 0 radical (unpaired) electrons. The molecule has 27 heavy (non-hydrogen) atoms. The van der Waals surface area contributed by atoms with Gasteiger partial charge in [-0.15, -0.1) is 0 Å². The fourth-order valence-electron chi connectivity index (χ4n) is 3.25. The molecule has 0 atom stereocenters. The minimum atomic E-state index is -0.290. The van der Waals surface area contributed by atoms with E-state index in [0.717, 1.165) is 35.6 Å². The van der Waals surface area contributed by atoms with E-state index >= 15 is 0 Å². The lowest BCUT2D eigenvalue weighted by atomic mass is 9.85. The van der Waals surface area contributed by atoms with Gasteiger partial charge in [-0.3, -0.25) is 0 Å². The molecule has 2 aromatic heterocycles. The maximum absolute atomic E-state index is 4.50. The van der Waals surface area contributed by atoms with Gasteiger partial charge in [0.05, 0.1) is 28.2 Å². The Morgan fingerprint density at radius 3 is 1.37 bits per heavy atom. The van der Waals surface area contributed by atoms with Crippen LogP contribution in [0.1, 0.15) is 102 Å². The van der Waals surface area contributed by atoms with Crippen LogP contribution in [0.2, 0.25) is 0 Å². The summed E-state index contributed by atoms with van der Waals surface area (Å²) in [5.74, 6) is 0. The van der Waals surface area contributed by atoms with Gasteiger partial charge in [0.1, 0.15) is 0 Å². The van der Waals surface area contributed by atoms with E-state index in [4.69, 9.17) is 0 Å². The molecule has 0 spiro atoms. The number of aromatic nitrogens is 4. The summed E-state index contributed by atoms with van der Waals surface area (Å²) in [5, 5.41) is 17.9. The van der Waals surface area contributed by atoms with Crippen LogP contribution in [0.5, 0.6) is 0 Å². The molecule has 0 bridgehead atoms. The molecule has 0 amide bonds. The van der Waals surface area contributed by atoms with E-state index in [1.165, 1.54) is 51.4 Å². The molecule has 4 heteroatoms. The molecule has 0 aliphatic carbocycles. The molecule has 4 nitrogen and oxygen atoms in total. The van der Waals surface area contributed by atoms with Crippen molar-refractivity contribution in [2.24, 2.45) is 0 Å². The van der Waals surface area contributed by atoms with Gasteiger partial charge in [-0.25, -0.2) is 0 Å². The third-order valence-corrected chi connectivity index (χ3v) is 5.29. The highest BCUT2D eigenvalue weighted by atomic mass is 15.1. The van der Waals surface area contributed by atoms with Crippen LogP contribution >= 0.6 is 0 Å². The van der Waals surface area contributed by atoms with Crippen molar-refractivity contribution in [3.05, 3.63) is 47.0 Å². The van der Waals surface area contributed by atoms with Gasteiger partial charge in [0.15, 0.2) is 0 Å². The number of aryl methyl sites for hydroxylation is 2. The highest BCUT2D eigenvalue weighted by Gasteiger charge is 2.27. The summed E-state index contributed by atoms with van der Waals surface area (Å²) in [6.45, 7) is 8.75. The van der Waals surface area contributed by atoms with E-state index in [1.54, 1.807) is 0 Å². The molecule has 2 aromatic rings. The van der Waals surface area contributed by atoms with Gasteiger partial charge in [0.2, 0.25) is 0 Å². The Bertz CT molecular complexity index is 590. The van der Waals surface area contributed by atoms with Gasteiger partial charge in [0.25, 0.3) is 0 Å². The normalized spacial score (nSPS) is 11.7. The van der Waals surface area contributed by atoms with Crippen LogP contribution in [-0.2, 0) is 18.3 Å². The number of hydrogen-bond donors (Lipinski definition) is 0. The highest BCUT2D eigenvalue weighted by molar-refractivity contribution is 5.28. The van der Waals surface area contributed by atoms with E-state index in [-0.39, 0.29) is 5.41 Å². The van der Waals surface area contributed by atoms with Gasteiger partial charge in [-0.1, -0.05) is 52.4 Å². The second kappa shape index (κ2) is 11.1. The molecule has 0 unspecified atom stereocenters.